The first-order valence-electron chi connectivity index (χ1n) is 5.52. The molecule has 0 radical (unpaired) electrons. The molecule has 2 nitrogen and oxygen atoms in total. The Hall–Kier alpha value is -1.15. The summed E-state index contributed by atoms with van der Waals surface area (Å²) in [6.07, 6.45) is 1.78. The van der Waals surface area contributed by atoms with Crippen molar-refractivity contribution in [1.82, 2.24) is 0 Å². The Morgan fingerprint density at radius 1 is 1.47 bits per heavy atom. The van der Waals surface area contributed by atoms with Crippen molar-refractivity contribution in [3.63, 3.8) is 0 Å². The van der Waals surface area contributed by atoms with Gasteiger partial charge >= 0.3 is 0 Å². The zero-order valence-electron chi connectivity index (χ0n) is 8.94. The highest BCUT2D eigenvalue weighted by Gasteiger charge is 2.30. The van der Waals surface area contributed by atoms with Crippen molar-refractivity contribution in [2.75, 3.05) is 0 Å². The van der Waals surface area contributed by atoms with Crippen molar-refractivity contribution in [1.29, 1.82) is 0 Å². The molecule has 0 fully saturated rings. The molecule has 1 aliphatic rings. The summed E-state index contributed by atoms with van der Waals surface area (Å²) in [6, 6.07) is 7.75. The van der Waals surface area contributed by atoms with Gasteiger partial charge in [-0.1, -0.05) is 31.2 Å². The third-order valence-electron chi connectivity index (χ3n) is 3.15. The van der Waals surface area contributed by atoms with Gasteiger partial charge in [0.1, 0.15) is 0 Å². The SMILES string of the molecule is CCC(O)CC1Cc2ccccc2C1=O. The molecule has 0 amide bonds. The summed E-state index contributed by atoms with van der Waals surface area (Å²) in [4.78, 5) is 11.9. The lowest BCUT2D eigenvalue weighted by molar-refractivity contribution is 0.0851. The van der Waals surface area contributed by atoms with E-state index in [0.717, 1.165) is 24.0 Å². The quantitative estimate of drug-likeness (QED) is 0.819. The first kappa shape index (κ1) is 10.4. The second-order valence-electron chi connectivity index (χ2n) is 4.22. The average Bonchev–Trinajstić information content (AvgIpc) is 2.57. The number of Topliss-reactive ketones (excluding diaryl/α,β-unsaturated/α-hetero) is 1. The molecule has 1 N–H and O–H groups in total. The molecule has 2 rings (SSSR count). The lowest BCUT2D eigenvalue weighted by Gasteiger charge is -2.11. The van der Waals surface area contributed by atoms with Crippen LogP contribution in [0, 0.1) is 5.92 Å². The highest BCUT2D eigenvalue weighted by Crippen LogP contribution is 2.29. The number of aliphatic hydroxyl groups excluding tert-OH is 1. The van der Waals surface area contributed by atoms with E-state index in [1.165, 1.54) is 0 Å². The van der Waals surface area contributed by atoms with Crippen molar-refractivity contribution < 1.29 is 9.90 Å². The van der Waals surface area contributed by atoms with E-state index in [9.17, 15) is 9.90 Å². The minimum absolute atomic E-state index is 0.00245. The van der Waals surface area contributed by atoms with E-state index in [1.54, 1.807) is 0 Å². The van der Waals surface area contributed by atoms with Gasteiger partial charge in [0.2, 0.25) is 0 Å². The van der Waals surface area contributed by atoms with Crippen LogP contribution in [0.2, 0.25) is 0 Å². The molecule has 80 valence electrons. The van der Waals surface area contributed by atoms with Crippen LogP contribution >= 0.6 is 0 Å². The van der Waals surface area contributed by atoms with Crippen molar-refractivity contribution in [2.24, 2.45) is 5.92 Å². The zero-order chi connectivity index (χ0) is 10.8. The van der Waals surface area contributed by atoms with E-state index in [2.05, 4.69) is 0 Å². The number of aliphatic hydroxyl groups is 1. The van der Waals surface area contributed by atoms with E-state index in [0.29, 0.717) is 6.42 Å². The molecule has 2 heteroatoms. The average molecular weight is 204 g/mol. The van der Waals surface area contributed by atoms with Crippen molar-refractivity contribution in [3.05, 3.63) is 35.4 Å². The maximum atomic E-state index is 11.9. The van der Waals surface area contributed by atoms with Gasteiger partial charge in [-0.3, -0.25) is 4.79 Å². The van der Waals surface area contributed by atoms with Crippen LogP contribution in [-0.4, -0.2) is 17.0 Å². The molecule has 2 atom stereocenters. The summed E-state index contributed by atoms with van der Waals surface area (Å²) >= 11 is 0. The molecule has 0 saturated heterocycles. The molecule has 15 heavy (non-hydrogen) atoms. The monoisotopic (exact) mass is 204 g/mol. The Kier molecular flexibility index (Phi) is 2.87. The molecule has 1 aromatic carbocycles. The van der Waals surface area contributed by atoms with Crippen LogP contribution in [0.25, 0.3) is 0 Å². The smallest absolute Gasteiger partial charge is 0.166 e. The fourth-order valence-corrected chi connectivity index (χ4v) is 2.20. The molecule has 0 heterocycles. The van der Waals surface area contributed by atoms with Gasteiger partial charge in [0.15, 0.2) is 5.78 Å². The van der Waals surface area contributed by atoms with Gasteiger partial charge in [0, 0.05) is 11.5 Å². The van der Waals surface area contributed by atoms with E-state index in [1.807, 2.05) is 31.2 Å². The largest absolute Gasteiger partial charge is 0.393 e. The van der Waals surface area contributed by atoms with Gasteiger partial charge in [-0.2, -0.15) is 0 Å². The summed E-state index contributed by atoms with van der Waals surface area (Å²) in [7, 11) is 0. The van der Waals surface area contributed by atoms with Crippen LogP contribution in [0.4, 0.5) is 0 Å². The Balaban J connectivity index is 2.13. The predicted molar refractivity (Wildman–Crippen MR) is 58.9 cm³/mol. The van der Waals surface area contributed by atoms with Gasteiger partial charge in [0.05, 0.1) is 6.10 Å². The van der Waals surface area contributed by atoms with Crippen LogP contribution < -0.4 is 0 Å². The Bertz CT molecular complexity index is 371. The molecular weight excluding hydrogens is 188 g/mol. The third kappa shape index (κ3) is 1.95. The minimum Gasteiger partial charge on any atom is -0.393 e. The molecule has 0 aromatic heterocycles. The number of fused-ring (bicyclic) bond motifs is 1. The molecule has 0 aliphatic heterocycles. The van der Waals surface area contributed by atoms with E-state index in [-0.39, 0.29) is 17.8 Å². The summed E-state index contributed by atoms with van der Waals surface area (Å²) in [5.41, 5.74) is 1.99. The molecule has 0 spiro atoms. The number of hydrogen-bond acceptors (Lipinski definition) is 2. The maximum absolute atomic E-state index is 11.9. The highest BCUT2D eigenvalue weighted by atomic mass is 16.3. The Morgan fingerprint density at radius 3 is 2.87 bits per heavy atom. The maximum Gasteiger partial charge on any atom is 0.166 e. The second kappa shape index (κ2) is 4.15. The van der Waals surface area contributed by atoms with Crippen molar-refractivity contribution in [2.45, 2.75) is 32.3 Å². The van der Waals surface area contributed by atoms with Crippen LogP contribution in [-0.2, 0) is 6.42 Å². The fraction of sp³-hybridized carbons (Fsp3) is 0.462. The highest BCUT2D eigenvalue weighted by molar-refractivity contribution is 6.02. The van der Waals surface area contributed by atoms with Gasteiger partial charge in [-0.05, 0) is 24.8 Å². The van der Waals surface area contributed by atoms with Crippen LogP contribution in [0.1, 0.15) is 35.7 Å². The zero-order valence-corrected chi connectivity index (χ0v) is 8.94. The van der Waals surface area contributed by atoms with Gasteiger partial charge in [-0.25, -0.2) is 0 Å². The van der Waals surface area contributed by atoms with Crippen LogP contribution in [0.3, 0.4) is 0 Å². The van der Waals surface area contributed by atoms with Gasteiger partial charge in [-0.15, -0.1) is 0 Å². The van der Waals surface area contributed by atoms with Crippen molar-refractivity contribution in [3.8, 4) is 0 Å². The molecule has 1 aromatic rings. The van der Waals surface area contributed by atoms with Gasteiger partial charge < -0.3 is 5.11 Å². The molecule has 2 unspecified atom stereocenters. The minimum atomic E-state index is -0.340. The normalized spacial score (nSPS) is 21.5. The van der Waals surface area contributed by atoms with E-state index >= 15 is 0 Å². The molecule has 1 aliphatic carbocycles. The topological polar surface area (TPSA) is 37.3 Å². The lowest BCUT2D eigenvalue weighted by atomic mass is 9.96. The molecule has 0 bridgehead atoms. The van der Waals surface area contributed by atoms with Crippen LogP contribution in [0.15, 0.2) is 24.3 Å². The number of ketones is 1. The predicted octanol–water partition coefficient (Wildman–Crippen LogP) is 2.20. The second-order valence-corrected chi connectivity index (χ2v) is 4.22. The summed E-state index contributed by atoms with van der Waals surface area (Å²) in [6.45, 7) is 1.94. The molecule has 0 saturated carbocycles. The Labute approximate surface area is 89.9 Å². The number of rotatable bonds is 3. The number of carbonyl (C=O) groups excluding carboxylic acids is 1. The first-order valence-corrected chi connectivity index (χ1v) is 5.52. The molecular formula is C13H16O2. The van der Waals surface area contributed by atoms with Crippen molar-refractivity contribution >= 4 is 5.78 Å². The summed E-state index contributed by atoms with van der Waals surface area (Å²) in [5, 5.41) is 9.56. The summed E-state index contributed by atoms with van der Waals surface area (Å²) in [5.74, 6) is 0.204. The summed E-state index contributed by atoms with van der Waals surface area (Å²) < 4.78 is 0. The standard InChI is InChI=1S/C13H16O2/c1-2-11(14)8-10-7-9-5-3-4-6-12(9)13(10)15/h3-6,10-11,14H,2,7-8H2,1H3. The first-order chi connectivity index (χ1) is 7.22. The Morgan fingerprint density at radius 2 is 2.20 bits per heavy atom. The van der Waals surface area contributed by atoms with E-state index in [4.69, 9.17) is 0 Å². The number of hydrogen-bond donors (Lipinski definition) is 1. The van der Waals surface area contributed by atoms with E-state index < -0.39 is 0 Å². The fourth-order valence-electron chi connectivity index (χ4n) is 2.20. The van der Waals surface area contributed by atoms with Crippen LogP contribution in [0.5, 0.6) is 0 Å². The third-order valence-corrected chi connectivity index (χ3v) is 3.15. The lowest BCUT2D eigenvalue weighted by Crippen LogP contribution is -2.17. The van der Waals surface area contributed by atoms with Gasteiger partial charge in [0.25, 0.3) is 0 Å². The number of benzene rings is 1. The number of carbonyl (C=O) groups is 1.